The molecule has 0 spiro atoms. The number of nitrogens with zero attached hydrogens (tertiary/aromatic N) is 2. The molecule has 1 aliphatic heterocycles. The van der Waals surface area contributed by atoms with Crippen LogP contribution in [0.15, 0.2) is 54.7 Å². The molecular weight excluding hydrogens is 338 g/mol. The van der Waals surface area contributed by atoms with E-state index < -0.39 is 11.9 Å². The Kier molecular flexibility index (Phi) is 4.22. The van der Waals surface area contributed by atoms with Crippen LogP contribution >= 0.6 is 0 Å². The lowest BCUT2D eigenvalue weighted by molar-refractivity contribution is -0.141. The SMILES string of the molecule is CC(C(=O)N1Cc2ccccc2C[C@H]1C(N)=O)c1cn(C)c2ccccc12. The van der Waals surface area contributed by atoms with Gasteiger partial charge in [0.15, 0.2) is 0 Å². The predicted molar refractivity (Wildman–Crippen MR) is 105 cm³/mol. The first-order chi connectivity index (χ1) is 13.0. The second kappa shape index (κ2) is 6.58. The quantitative estimate of drug-likeness (QED) is 0.779. The number of aromatic nitrogens is 1. The first-order valence-electron chi connectivity index (χ1n) is 9.18. The fourth-order valence-corrected chi connectivity index (χ4v) is 4.11. The van der Waals surface area contributed by atoms with Gasteiger partial charge >= 0.3 is 0 Å². The first kappa shape index (κ1) is 17.3. The number of aryl methyl sites for hydroxylation is 1. The Morgan fingerprint density at radius 2 is 1.74 bits per heavy atom. The van der Waals surface area contributed by atoms with Gasteiger partial charge in [-0.1, -0.05) is 42.5 Å². The number of rotatable bonds is 3. The van der Waals surface area contributed by atoms with Crippen molar-refractivity contribution in [1.29, 1.82) is 0 Å². The number of primary amides is 1. The molecule has 2 amide bonds. The number of nitrogens with two attached hydrogens (primary N) is 1. The van der Waals surface area contributed by atoms with Gasteiger partial charge in [-0.05, 0) is 29.7 Å². The topological polar surface area (TPSA) is 68.3 Å². The van der Waals surface area contributed by atoms with Crippen molar-refractivity contribution in [3.63, 3.8) is 0 Å². The molecule has 0 fully saturated rings. The van der Waals surface area contributed by atoms with Gasteiger partial charge in [-0.2, -0.15) is 0 Å². The van der Waals surface area contributed by atoms with Gasteiger partial charge in [0, 0.05) is 37.1 Å². The van der Waals surface area contributed by atoms with Gasteiger partial charge in [0.2, 0.25) is 11.8 Å². The lowest BCUT2D eigenvalue weighted by atomic mass is 9.91. The van der Waals surface area contributed by atoms with Gasteiger partial charge in [0.05, 0.1) is 5.92 Å². The molecule has 3 aromatic rings. The van der Waals surface area contributed by atoms with E-state index in [1.165, 1.54) is 0 Å². The molecule has 1 aliphatic rings. The van der Waals surface area contributed by atoms with Gasteiger partial charge in [0.25, 0.3) is 0 Å². The van der Waals surface area contributed by atoms with Crippen molar-refractivity contribution in [3.8, 4) is 0 Å². The fourth-order valence-electron chi connectivity index (χ4n) is 4.11. The van der Waals surface area contributed by atoms with Crippen molar-refractivity contribution < 1.29 is 9.59 Å². The van der Waals surface area contributed by atoms with E-state index in [9.17, 15) is 9.59 Å². The van der Waals surface area contributed by atoms with Crippen molar-refractivity contribution in [2.24, 2.45) is 12.8 Å². The van der Waals surface area contributed by atoms with Crippen molar-refractivity contribution in [2.45, 2.75) is 31.8 Å². The molecule has 0 saturated heterocycles. The van der Waals surface area contributed by atoms with Crippen LogP contribution < -0.4 is 5.73 Å². The van der Waals surface area contributed by atoms with Crippen molar-refractivity contribution in [1.82, 2.24) is 9.47 Å². The third kappa shape index (κ3) is 2.89. The molecule has 1 aromatic heterocycles. The minimum Gasteiger partial charge on any atom is -0.368 e. The lowest BCUT2D eigenvalue weighted by Crippen LogP contribution is -2.52. The second-order valence-electron chi connectivity index (χ2n) is 7.29. The van der Waals surface area contributed by atoms with E-state index in [1.807, 2.05) is 73.3 Å². The number of hydrogen-bond donors (Lipinski definition) is 1. The van der Waals surface area contributed by atoms with Crippen LogP contribution in [0.4, 0.5) is 0 Å². The number of benzene rings is 2. The summed E-state index contributed by atoms with van der Waals surface area (Å²) in [6.45, 7) is 2.32. The molecule has 0 radical (unpaired) electrons. The Morgan fingerprint density at radius 1 is 1.07 bits per heavy atom. The van der Waals surface area contributed by atoms with Crippen LogP contribution in [-0.2, 0) is 29.6 Å². The van der Waals surface area contributed by atoms with Gasteiger partial charge in [-0.3, -0.25) is 9.59 Å². The van der Waals surface area contributed by atoms with Crippen LogP contribution in [0.25, 0.3) is 10.9 Å². The Labute approximate surface area is 158 Å². The average molecular weight is 361 g/mol. The molecule has 2 heterocycles. The molecule has 2 N–H and O–H groups in total. The van der Waals surface area contributed by atoms with Gasteiger partial charge in [-0.25, -0.2) is 0 Å². The zero-order valence-corrected chi connectivity index (χ0v) is 15.6. The van der Waals surface area contributed by atoms with Crippen LogP contribution in [0.1, 0.15) is 29.5 Å². The summed E-state index contributed by atoms with van der Waals surface area (Å²) in [6.07, 6.45) is 2.48. The number of carbonyl (C=O) groups is 2. The summed E-state index contributed by atoms with van der Waals surface area (Å²) in [5.41, 5.74) is 9.87. The van der Waals surface area contributed by atoms with E-state index in [2.05, 4.69) is 0 Å². The summed E-state index contributed by atoms with van der Waals surface area (Å²) in [7, 11) is 1.98. The molecule has 4 rings (SSSR count). The van der Waals surface area contributed by atoms with Crippen molar-refractivity contribution >= 4 is 22.7 Å². The van der Waals surface area contributed by atoms with Gasteiger partial charge in [-0.15, -0.1) is 0 Å². The maximum absolute atomic E-state index is 13.4. The number of hydrogen-bond acceptors (Lipinski definition) is 2. The third-order valence-corrected chi connectivity index (χ3v) is 5.62. The molecule has 27 heavy (non-hydrogen) atoms. The number of carbonyl (C=O) groups excluding carboxylic acids is 2. The monoisotopic (exact) mass is 361 g/mol. The van der Waals surface area contributed by atoms with Crippen molar-refractivity contribution in [2.75, 3.05) is 0 Å². The van der Waals surface area contributed by atoms with Gasteiger partial charge < -0.3 is 15.2 Å². The molecule has 0 aliphatic carbocycles. The summed E-state index contributed by atoms with van der Waals surface area (Å²) in [6, 6.07) is 15.4. The minimum absolute atomic E-state index is 0.0651. The number of fused-ring (bicyclic) bond motifs is 2. The Hall–Kier alpha value is -3.08. The van der Waals surface area contributed by atoms with Crippen LogP contribution in [0.2, 0.25) is 0 Å². The minimum atomic E-state index is -0.607. The fraction of sp³-hybridized carbons (Fsp3) is 0.273. The molecule has 0 saturated carbocycles. The van der Waals surface area contributed by atoms with E-state index in [4.69, 9.17) is 5.73 Å². The first-order valence-corrected chi connectivity index (χ1v) is 9.18. The normalized spacial score (nSPS) is 17.6. The molecule has 5 heteroatoms. The van der Waals surface area contributed by atoms with Gasteiger partial charge in [0.1, 0.15) is 6.04 Å². The van der Waals surface area contributed by atoms with Crippen molar-refractivity contribution in [3.05, 3.63) is 71.4 Å². The smallest absolute Gasteiger partial charge is 0.240 e. The molecule has 2 atom stereocenters. The largest absolute Gasteiger partial charge is 0.368 e. The highest BCUT2D eigenvalue weighted by Crippen LogP contribution is 2.31. The molecule has 2 aromatic carbocycles. The Morgan fingerprint density at radius 3 is 2.48 bits per heavy atom. The maximum atomic E-state index is 13.4. The zero-order chi connectivity index (χ0) is 19.1. The van der Waals surface area contributed by atoms with Crippen LogP contribution in [-0.4, -0.2) is 27.3 Å². The van der Waals surface area contributed by atoms with E-state index in [-0.39, 0.29) is 11.8 Å². The summed E-state index contributed by atoms with van der Waals surface area (Å²) in [5.74, 6) is -0.879. The molecular formula is C22H23N3O2. The van der Waals surface area contributed by atoms with Crippen LogP contribution in [0, 0.1) is 0 Å². The van der Waals surface area contributed by atoms with Crippen LogP contribution in [0.3, 0.4) is 0 Å². The highest BCUT2D eigenvalue weighted by molar-refractivity contribution is 5.94. The van der Waals surface area contributed by atoms with E-state index in [1.54, 1.807) is 4.90 Å². The third-order valence-electron chi connectivity index (χ3n) is 5.62. The Bertz CT molecular complexity index is 1040. The molecule has 1 unspecified atom stereocenters. The number of amides is 2. The lowest BCUT2D eigenvalue weighted by Gasteiger charge is -2.36. The summed E-state index contributed by atoms with van der Waals surface area (Å²) >= 11 is 0. The van der Waals surface area contributed by atoms with Crippen LogP contribution in [0.5, 0.6) is 0 Å². The van der Waals surface area contributed by atoms with E-state index in [0.29, 0.717) is 13.0 Å². The van der Waals surface area contributed by atoms with E-state index >= 15 is 0 Å². The summed E-state index contributed by atoms with van der Waals surface area (Å²) in [4.78, 5) is 27.1. The van der Waals surface area contributed by atoms with E-state index in [0.717, 1.165) is 27.6 Å². The molecule has 138 valence electrons. The Balaban J connectivity index is 1.71. The second-order valence-corrected chi connectivity index (χ2v) is 7.29. The predicted octanol–water partition coefficient (Wildman–Crippen LogP) is 2.72. The number of para-hydroxylation sites is 1. The maximum Gasteiger partial charge on any atom is 0.240 e. The molecule has 0 bridgehead atoms. The highest BCUT2D eigenvalue weighted by Gasteiger charge is 2.36. The zero-order valence-electron chi connectivity index (χ0n) is 15.6. The summed E-state index contributed by atoms with van der Waals surface area (Å²) in [5, 5.41) is 1.06. The average Bonchev–Trinajstić information content (AvgIpc) is 3.02. The molecule has 5 nitrogen and oxygen atoms in total. The highest BCUT2D eigenvalue weighted by atomic mass is 16.2. The standard InChI is InChI=1S/C22H23N3O2/c1-14(18-13-24(2)19-10-6-5-9-17(18)19)22(27)25-12-16-8-4-3-7-15(16)11-20(25)21(23)26/h3-10,13-14,20H,11-12H2,1-2H3,(H2,23,26)/t14?,20-/m0/s1. The summed E-state index contributed by atoms with van der Waals surface area (Å²) < 4.78 is 2.03.